The smallest absolute Gasteiger partial charge is 0.0357 e. The van der Waals surface area contributed by atoms with E-state index >= 15 is 0 Å². The summed E-state index contributed by atoms with van der Waals surface area (Å²) in [6, 6.07) is 6.47. The maximum atomic E-state index is 10.8. The van der Waals surface area contributed by atoms with Crippen molar-refractivity contribution in [2.24, 2.45) is 0 Å². The third-order valence-electron chi connectivity index (χ3n) is 2.38. The Bertz CT molecular complexity index is 349. The molecule has 1 unspecified atom stereocenters. The summed E-state index contributed by atoms with van der Waals surface area (Å²) in [7, 11) is -0.695. The summed E-state index contributed by atoms with van der Waals surface area (Å²) in [6.45, 7) is 5.91. The maximum absolute atomic E-state index is 10.8. The van der Waals surface area contributed by atoms with Crippen LogP contribution in [0.5, 0.6) is 0 Å². The summed E-state index contributed by atoms with van der Waals surface area (Å²) in [6.07, 6.45) is 1.73. The van der Waals surface area contributed by atoms with E-state index in [1.165, 1.54) is 16.7 Å². The fourth-order valence-electron chi connectivity index (χ4n) is 1.48. The van der Waals surface area contributed by atoms with Crippen LogP contribution in [0.25, 0.3) is 0 Å². The van der Waals surface area contributed by atoms with Gasteiger partial charge in [-0.2, -0.15) is 0 Å². The second kappa shape index (κ2) is 6.03. The van der Waals surface area contributed by atoms with Gasteiger partial charge in [0.25, 0.3) is 0 Å². The van der Waals surface area contributed by atoms with Gasteiger partial charge in [0.15, 0.2) is 0 Å². The molecular formula is C12H19NOS. The fourth-order valence-corrected chi connectivity index (χ4v) is 1.91. The quantitative estimate of drug-likeness (QED) is 0.774. The van der Waals surface area contributed by atoms with E-state index in [9.17, 15) is 4.21 Å². The highest BCUT2D eigenvalue weighted by Crippen LogP contribution is 2.09. The van der Waals surface area contributed by atoms with Crippen LogP contribution in [0, 0.1) is 13.8 Å². The highest BCUT2D eigenvalue weighted by molar-refractivity contribution is 7.84. The highest BCUT2D eigenvalue weighted by Gasteiger charge is 1.98. The average Bonchev–Trinajstić information content (AvgIpc) is 2.14. The second-order valence-corrected chi connectivity index (χ2v) is 5.44. The molecule has 1 N–H and O–H groups in total. The van der Waals surface area contributed by atoms with Crippen molar-refractivity contribution in [3.63, 3.8) is 0 Å². The molecule has 0 saturated carbocycles. The van der Waals surface area contributed by atoms with Crippen molar-refractivity contribution in [2.45, 2.75) is 20.4 Å². The predicted molar refractivity (Wildman–Crippen MR) is 66.6 cm³/mol. The Labute approximate surface area is 94.5 Å². The van der Waals surface area contributed by atoms with Gasteiger partial charge in [-0.3, -0.25) is 4.21 Å². The van der Waals surface area contributed by atoms with E-state index in [2.05, 4.69) is 37.4 Å². The summed E-state index contributed by atoms with van der Waals surface area (Å²) in [5.74, 6) is 0.727. The van der Waals surface area contributed by atoms with Gasteiger partial charge in [-0.1, -0.05) is 23.8 Å². The summed E-state index contributed by atoms with van der Waals surface area (Å²) in [5, 5.41) is 3.30. The number of nitrogens with one attached hydrogen (secondary N) is 1. The van der Waals surface area contributed by atoms with Crippen molar-refractivity contribution in [1.29, 1.82) is 0 Å². The normalized spacial score (nSPS) is 12.7. The monoisotopic (exact) mass is 225 g/mol. The van der Waals surface area contributed by atoms with Crippen molar-refractivity contribution in [1.82, 2.24) is 5.32 Å². The SMILES string of the molecule is Cc1ccc(CNCCS(C)=O)c(C)c1. The van der Waals surface area contributed by atoms with Gasteiger partial charge in [-0.25, -0.2) is 0 Å². The molecule has 0 aromatic heterocycles. The molecule has 15 heavy (non-hydrogen) atoms. The Balaban J connectivity index is 2.40. The third kappa shape index (κ3) is 4.58. The number of hydrogen-bond donors (Lipinski definition) is 1. The largest absolute Gasteiger partial charge is 0.312 e. The first-order valence-electron chi connectivity index (χ1n) is 5.16. The topological polar surface area (TPSA) is 29.1 Å². The Kier molecular flexibility index (Phi) is 4.99. The van der Waals surface area contributed by atoms with Gasteiger partial charge in [0.05, 0.1) is 0 Å². The van der Waals surface area contributed by atoms with Gasteiger partial charge in [0, 0.05) is 35.9 Å². The lowest BCUT2D eigenvalue weighted by molar-refractivity contribution is 0.676. The predicted octanol–water partition coefficient (Wildman–Crippen LogP) is 1.77. The number of aryl methyl sites for hydroxylation is 2. The van der Waals surface area contributed by atoms with E-state index < -0.39 is 10.8 Å². The van der Waals surface area contributed by atoms with Gasteiger partial charge in [0.1, 0.15) is 0 Å². The summed E-state index contributed by atoms with van der Waals surface area (Å²) >= 11 is 0. The van der Waals surface area contributed by atoms with Crippen LogP contribution in [0.1, 0.15) is 16.7 Å². The van der Waals surface area contributed by atoms with Crippen molar-refractivity contribution in [3.8, 4) is 0 Å². The zero-order valence-electron chi connectivity index (χ0n) is 9.67. The Morgan fingerprint density at radius 3 is 2.67 bits per heavy atom. The van der Waals surface area contributed by atoms with Crippen LogP contribution in [0.3, 0.4) is 0 Å². The molecule has 0 aliphatic carbocycles. The molecule has 0 aliphatic heterocycles. The lowest BCUT2D eigenvalue weighted by atomic mass is 10.1. The van der Waals surface area contributed by atoms with Crippen molar-refractivity contribution in [2.75, 3.05) is 18.6 Å². The number of benzene rings is 1. The van der Waals surface area contributed by atoms with E-state index in [0.717, 1.165) is 18.8 Å². The van der Waals surface area contributed by atoms with Crippen molar-refractivity contribution in [3.05, 3.63) is 34.9 Å². The third-order valence-corrected chi connectivity index (χ3v) is 3.16. The van der Waals surface area contributed by atoms with Crippen LogP contribution in [0.4, 0.5) is 0 Å². The second-order valence-electron chi connectivity index (χ2n) is 3.88. The lowest BCUT2D eigenvalue weighted by Gasteiger charge is -2.07. The van der Waals surface area contributed by atoms with E-state index in [4.69, 9.17) is 0 Å². The molecule has 0 amide bonds. The Morgan fingerprint density at radius 1 is 1.33 bits per heavy atom. The number of rotatable bonds is 5. The fraction of sp³-hybridized carbons (Fsp3) is 0.500. The molecule has 0 radical (unpaired) electrons. The molecule has 2 nitrogen and oxygen atoms in total. The molecule has 0 heterocycles. The van der Waals surface area contributed by atoms with Crippen LogP contribution >= 0.6 is 0 Å². The minimum atomic E-state index is -0.695. The van der Waals surface area contributed by atoms with E-state index in [1.807, 2.05) is 0 Å². The molecule has 84 valence electrons. The molecule has 1 aromatic rings. The van der Waals surface area contributed by atoms with Crippen LogP contribution in [0.15, 0.2) is 18.2 Å². The zero-order chi connectivity index (χ0) is 11.3. The van der Waals surface area contributed by atoms with Crippen molar-refractivity contribution >= 4 is 10.8 Å². The Hall–Kier alpha value is -0.670. The van der Waals surface area contributed by atoms with Gasteiger partial charge in [-0.05, 0) is 25.0 Å². The lowest BCUT2D eigenvalue weighted by Crippen LogP contribution is -2.20. The standard InChI is InChI=1S/C12H19NOS/c1-10-4-5-12(11(2)8-10)9-13-6-7-15(3)14/h4-5,8,13H,6-7,9H2,1-3H3. The molecule has 1 aromatic carbocycles. The highest BCUT2D eigenvalue weighted by atomic mass is 32.2. The molecular weight excluding hydrogens is 206 g/mol. The zero-order valence-corrected chi connectivity index (χ0v) is 10.5. The molecule has 1 rings (SSSR count). The van der Waals surface area contributed by atoms with Gasteiger partial charge >= 0.3 is 0 Å². The molecule has 0 bridgehead atoms. The minimum absolute atomic E-state index is 0.695. The summed E-state index contributed by atoms with van der Waals surface area (Å²) in [5.41, 5.74) is 3.94. The molecule has 1 atom stereocenters. The molecule has 0 aliphatic rings. The van der Waals surface area contributed by atoms with E-state index in [1.54, 1.807) is 6.26 Å². The Morgan fingerprint density at radius 2 is 2.07 bits per heavy atom. The van der Waals surface area contributed by atoms with Gasteiger partial charge in [0.2, 0.25) is 0 Å². The first-order valence-corrected chi connectivity index (χ1v) is 6.89. The first-order chi connectivity index (χ1) is 7.09. The van der Waals surface area contributed by atoms with Gasteiger partial charge < -0.3 is 5.32 Å². The summed E-state index contributed by atoms with van der Waals surface area (Å²) < 4.78 is 10.8. The molecule has 0 fully saturated rings. The molecule has 0 saturated heterocycles. The molecule has 0 spiro atoms. The maximum Gasteiger partial charge on any atom is 0.0357 e. The number of hydrogen-bond acceptors (Lipinski definition) is 2. The van der Waals surface area contributed by atoms with Crippen molar-refractivity contribution < 1.29 is 4.21 Å². The van der Waals surface area contributed by atoms with Gasteiger partial charge in [-0.15, -0.1) is 0 Å². The van der Waals surface area contributed by atoms with E-state index in [0.29, 0.717) is 0 Å². The average molecular weight is 225 g/mol. The van der Waals surface area contributed by atoms with E-state index in [-0.39, 0.29) is 0 Å². The summed E-state index contributed by atoms with van der Waals surface area (Å²) in [4.78, 5) is 0. The van der Waals surface area contributed by atoms with Crippen LogP contribution in [-0.2, 0) is 17.3 Å². The van der Waals surface area contributed by atoms with Crippen LogP contribution in [0.2, 0.25) is 0 Å². The van der Waals surface area contributed by atoms with Crippen LogP contribution in [-0.4, -0.2) is 22.8 Å². The molecule has 3 heteroatoms. The first kappa shape index (κ1) is 12.4. The minimum Gasteiger partial charge on any atom is -0.312 e. The van der Waals surface area contributed by atoms with Crippen LogP contribution < -0.4 is 5.32 Å².